The van der Waals surface area contributed by atoms with Crippen molar-refractivity contribution in [1.82, 2.24) is 29.6 Å². The highest BCUT2D eigenvalue weighted by molar-refractivity contribution is 5.98. The summed E-state index contributed by atoms with van der Waals surface area (Å²) in [5.74, 6) is 1.56. The third-order valence-electron chi connectivity index (χ3n) is 7.57. The summed E-state index contributed by atoms with van der Waals surface area (Å²) < 4.78 is 1.76. The molecule has 0 saturated carbocycles. The molecule has 8 heteroatoms. The smallest absolute Gasteiger partial charge is 0.253 e. The number of benzene rings is 1. The summed E-state index contributed by atoms with van der Waals surface area (Å²) >= 11 is 0. The molecule has 0 bridgehead atoms. The van der Waals surface area contributed by atoms with Gasteiger partial charge in [-0.05, 0) is 67.5 Å². The van der Waals surface area contributed by atoms with Crippen LogP contribution in [0.15, 0.2) is 61.3 Å². The lowest BCUT2D eigenvalue weighted by atomic mass is 9.94. The number of hydrogen-bond acceptors (Lipinski definition) is 6. The third-order valence-corrected chi connectivity index (χ3v) is 7.57. The Bertz CT molecular complexity index is 1480. The minimum absolute atomic E-state index is 0.000280. The number of piperidine rings is 1. The van der Waals surface area contributed by atoms with Gasteiger partial charge in [-0.15, -0.1) is 0 Å². The summed E-state index contributed by atoms with van der Waals surface area (Å²) in [4.78, 5) is 42.0. The Balaban J connectivity index is 1.19. The Morgan fingerprint density at radius 1 is 0.925 bits per heavy atom. The van der Waals surface area contributed by atoms with Crippen molar-refractivity contribution in [2.24, 2.45) is 13.0 Å². The predicted octanol–water partition coefficient (Wildman–Crippen LogP) is 5.22. The lowest BCUT2D eigenvalue weighted by Crippen LogP contribution is -2.38. The highest BCUT2D eigenvalue weighted by Crippen LogP contribution is 2.28. The maximum absolute atomic E-state index is 13.4. The second-order valence-electron chi connectivity index (χ2n) is 11.2. The van der Waals surface area contributed by atoms with E-state index in [2.05, 4.69) is 33.9 Å². The van der Waals surface area contributed by atoms with Crippen LogP contribution in [0.2, 0.25) is 0 Å². The zero-order valence-corrected chi connectivity index (χ0v) is 23.7. The van der Waals surface area contributed by atoms with E-state index < -0.39 is 0 Å². The lowest BCUT2D eigenvalue weighted by molar-refractivity contribution is 0.0710. The number of amides is 1. The van der Waals surface area contributed by atoms with Crippen LogP contribution in [0.5, 0.6) is 0 Å². The molecule has 1 aliphatic rings. The van der Waals surface area contributed by atoms with Crippen LogP contribution < -0.4 is 0 Å². The molecule has 0 atom stereocenters. The van der Waals surface area contributed by atoms with Crippen LogP contribution in [0, 0.1) is 12.8 Å². The Hall–Kier alpha value is -4.20. The van der Waals surface area contributed by atoms with Crippen molar-refractivity contribution < 1.29 is 9.59 Å². The van der Waals surface area contributed by atoms with Gasteiger partial charge in [0.05, 0.1) is 6.20 Å². The van der Waals surface area contributed by atoms with Crippen LogP contribution in [0.1, 0.15) is 76.0 Å². The van der Waals surface area contributed by atoms with Crippen molar-refractivity contribution in [2.75, 3.05) is 13.1 Å². The normalized spacial score (nSPS) is 14.1. The molecule has 4 heterocycles. The fourth-order valence-electron chi connectivity index (χ4n) is 5.19. The van der Waals surface area contributed by atoms with Crippen LogP contribution in [-0.4, -0.2) is 54.4 Å². The van der Waals surface area contributed by atoms with Crippen LogP contribution in [-0.2, 0) is 19.9 Å². The highest BCUT2D eigenvalue weighted by atomic mass is 16.2. The molecule has 1 fully saturated rings. The van der Waals surface area contributed by atoms with Crippen LogP contribution in [0.4, 0.5) is 0 Å². The third kappa shape index (κ3) is 6.33. The summed E-state index contributed by atoms with van der Waals surface area (Å²) in [6.07, 6.45) is 11.9. The molecule has 0 N–H and O–H groups in total. The zero-order chi connectivity index (χ0) is 28.2. The van der Waals surface area contributed by atoms with Gasteiger partial charge in [0.2, 0.25) is 0 Å². The van der Waals surface area contributed by atoms with Gasteiger partial charge in [0.25, 0.3) is 5.91 Å². The fraction of sp³-hybridized carbons (Fsp3) is 0.375. The number of aryl methyl sites for hydroxylation is 2. The van der Waals surface area contributed by atoms with E-state index in [9.17, 15) is 9.59 Å². The number of nitrogens with zero attached hydrogens (tertiary/aromatic N) is 6. The number of aromatic nitrogens is 5. The standard InChI is InChI=1S/C32H36N6O2/c1-21(2)13-29-8-7-25(16-33-29)30(39)15-26-14-24(6-5-22(26)3)32(40)38-11-9-23(10-12-38)31-34-17-27(18-35-31)28-19-36-37(4)20-28/h5-8,14,16-21,23H,9-13,15H2,1-4H3. The number of carbonyl (C=O) groups is 2. The quantitative estimate of drug-likeness (QED) is 0.287. The van der Waals surface area contributed by atoms with Crippen molar-refractivity contribution in [3.63, 3.8) is 0 Å². The number of hydrogen-bond donors (Lipinski definition) is 0. The predicted molar refractivity (Wildman–Crippen MR) is 154 cm³/mol. The van der Waals surface area contributed by atoms with Gasteiger partial charge in [-0.2, -0.15) is 5.10 Å². The van der Waals surface area contributed by atoms with Crippen molar-refractivity contribution >= 4 is 11.7 Å². The van der Waals surface area contributed by atoms with Crippen molar-refractivity contribution in [2.45, 2.75) is 52.4 Å². The molecule has 1 aliphatic heterocycles. The number of carbonyl (C=O) groups excluding carboxylic acids is 2. The molecule has 0 spiro atoms. The number of likely N-dealkylation sites (tertiary alicyclic amines) is 1. The average molecular weight is 537 g/mol. The molecule has 0 aliphatic carbocycles. The Kier molecular flexibility index (Phi) is 8.14. The van der Waals surface area contributed by atoms with Gasteiger partial charge < -0.3 is 4.90 Å². The molecule has 0 radical (unpaired) electrons. The van der Waals surface area contributed by atoms with Gasteiger partial charge in [0.15, 0.2) is 5.78 Å². The lowest BCUT2D eigenvalue weighted by Gasteiger charge is -2.31. The summed E-state index contributed by atoms with van der Waals surface area (Å²) in [6, 6.07) is 9.47. The van der Waals surface area contributed by atoms with Gasteiger partial charge in [-0.1, -0.05) is 19.9 Å². The Labute approximate surface area is 235 Å². The summed E-state index contributed by atoms with van der Waals surface area (Å²) in [5.41, 5.74) is 6.02. The maximum atomic E-state index is 13.4. The van der Waals surface area contributed by atoms with Gasteiger partial charge >= 0.3 is 0 Å². The molecule has 1 amide bonds. The molecule has 3 aromatic heterocycles. The molecule has 0 unspecified atom stereocenters. The highest BCUT2D eigenvalue weighted by Gasteiger charge is 2.26. The monoisotopic (exact) mass is 536 g/mol. The molecular formula is C32H36N6O2. The summed E-state index contributed by atoms with van der Waals surface area (Å²) in [5, 5.41) is 4.21. The SMILES string of the molecule is Cc1ccc(C(=O)N2CCC(c3ncc(-c4cnn(C)c4)cn3)CC2)cc1CC(=O)c1ccc(CC(C)C)nc1. The topological polar surface area (TPSA) is 93.9 Å². The minimum Gasteiger partial charge on any atom is -0.339 e. The average Bonchev–Trinajstić information content (AvgIpc) is 3.40. The minimum atomic E-state index is -0.000280. The van der Waals surface area contributed by atoms with E-state index in [0.717, 1.165) is 53.0 Å². The molecule has 206 valence electrons. The van der Waals surface area contributed by atoms with Gasteiger partial charge in [0.1, 0.15) is 5.82 Å². The Morgan fingerprint density at radius 3 is 2.27 bits per heavy atom. The Morgan fingerprint density at radius 2 is 1.65 bits per heavy atom. The molecule has 40 heavy (non-hydrogen) atoms. The van der Waals surface area contributed by atoms with Crippen molar-refractivity contribution in [3.8, 4) is 11.1 Å². The van der Waals surface area contributed by atoms with Crippen molar-refractivity contribution in [3.05, 3.63) is 95.1 Å². The molecular weight excluding hydrogens is 500 g/mol. The first-order chi connectivity index (χ1) is 19.3. The van der Waals surface area contributed by atoms with Gasteiger partial charge in [-0.25, -0.2) is 9.97 Å². The number of rotatable bonds is 8. The van der Waals surface area contributed by atoms with E-state index in [0.29, 0.717) is 30.1 Å². The van der Waals surface area contributed by atoms with Gasteiger partial charge in [0, 0.05) is 85.2 Å². The van der Waals surface area contributed by atoms with Crippen LogP contribution >= 0.6 is 0 Å². The van der Waals surface area contributed by atoms with E-state index in [1.54, 1.807) is 17.1 Å². The van der Waals surface area contributed by atoms with Crippen molar-refractivity contribution in [1.29, 1.82) is 0 Å². The van der Waals surface area contributed by atoms with E-state index >= 15 is 0 Å². The van der Waals surface area contributed by atoms with Gasteiger partial charge in [-0.3, -0.25) is 19.3 Å². The molecule has 4 aromatic rings. The molecule has 8 nitrogen and oxygen atoms in total. The fourth-order valence-corrected chi connectivity index (χ4v) is 5.19. The van der Waals surface area contributed by atoms with Crippen LogP contribution in [0.25, 0.3) is 11.1 Å². The number of Topliss-reactive ketones (excluding diaryl/α,β-unsaturated/α-hetero) is 1. The second-order valence-corrected chi connectivity index (χ2v) is 11.2. The second kappa shape index (κ2) is 11.9. The first-order valence-electron chi connectivity index (χ1n) is 13.9. The van der Waals surface area contributed by atoms with Crippen LogP contribution in [0.3, 0.4) is 0 Å². The summed E-state index contributed by atoms with van der Waals surface area (Å²) in [6.45, 7) is 7.57. The van der Waals surface area contributed by atoms with E-state index in [-0.39, 0.29) is 24.0 Å². The number of ketones is 1. The van der Waals surface area contributed by atoms with E-state index in [1.165, 1.54) is 0 Å². The number of pyridine rings is 1. The van der Waals surface area contributed by atoms with E-state index in [1.807, 2.05) is 67.8 Å². The largest absolute Gasteiger partial charge is 0.339 e. The molecule has 5 rings (SSSR count). The molecule has 1 saturated heterocycles. The van der Waals surface area contributed by atoms with E-state index in [4.69, 9.17) is 0 Å². The molecule has 1 aromatic carbocycles. The maximum Gasteiger partial charge on any atom is 0.253 e. The first kappa shape index (κ1) is 27.4. The summed E-state index contributed by atoms with van der Waals surface area (Å²) in [7, 11) is 1.88. The zero-order valence-electron chi connectivity index (χ0n) is 23.7. The first-order valence-corrected chi connectivity index (χ1v) is 13.9.